The van der Waals surface area contributed by atoms with Gasteiger partial charge in [0.1, 0.15) is 11.9 Å². The quantitative estimate of drug-likeness (QED) is 0.706. The van der Waals surface area contributed by atoms with Crippen molar-refractivity contribution in [3.05, 3.63) is 29.1 Å². The van der Waals surface area contributed by atoms with Gasteiger partial charge in [0.15, 0.2) is 0 Å². The van der Waals surface area contributed by atoms with Crippen LogP contribution < -0.4 is 10.2 Å². The van der Waals surface area contributed by atoms with Crippen LogP contribution in [0.25, 0.3) is 0 Å². The highest BCUT2D eigenvalue weighted by atomic mass is 19.1. The van der Waals surface area contributed by atoms with Gasteiger partial charge in [0, 0.05) is 19.5 Å². The van der Waals surface area contributed by atoms with Crippen LogP contribution in [-0.4, -0.2) is 58.7 Å². The van der Waals surface area contributed by atoms with E-state index in [-0.39, 0.29) is 36.2 Å². The van der Waals surface area contributed by atoms with E-state index < -0.39 is 47.4 Å². The molecule has 4 amide bonds. The smallest absolute Gasteiger partial charge is 0.308 e. The highest BCUT2D eigenvalue weighted by Gasteiger charge is 2.47. The number of nitrogens with zero attached hydrogens (tertiary/aromatic N) is 2. The van der Waals surface area contributed by atoms with E-state index in [0.29, 0.717) is 19.4 Å². The Labute approximate surface area is 164 Å². The number of piperidine rings is 2. The highest BCUT2D eigenvalue weighted by molar-refractivity contribution is 6.25. The number of carboxylic acids is 1. The number of rotatable bonds is 3. The third-order valence-corrected chi connectivity index (χ3v) is 5.62. The largest absolute Gasteiger partial charge is 0.481 e. The van der Waals surface area contributed by atoms with Crippen molar-refractivity contribution in [2.75, 3.05) is 18.0 Å². The molecule has 3 aliphatic rings. The zero-order chi connectivity index (χ0) is 20.9. The van der Waals surface area contributed by atoms with Gasteiger partial charge in [-0.1, -0.05) is 0 Å². The molecule has 2 N–H and O–H groups in total. The fourth-order valence-corrected chi connectivity index (χ4v) is 4.21. The molecule has 10 heteroatoms. The van der Waals surface area contributed by atoms with Crippen LogP contribution in [0.15, 0.2) is 12.1 Å². The van der Waals surface area contributed by atoms with E-state index in [1.54, 1.807) is 0 Å². The van der Waals surface area contributed by atoms with Gasteiger partial charge in [-0.25, -0.2) is 4.39 Å². The molecule has 2 fully saturated rings. The molecule has 3 aliphatic heterocycles. The summed E-state index contributed by atoms with van der Waals surface area (Å²) in [5.74, 6) is -5.22. The van der Waals surface area contributed by atoms with Crippen LogP contribution in [-0.2, 0) is 14.4 Å². The van der Waals surface area contributed by atoms with Crippen LogP contribution in [0.4, 0.5) is 10.1 Å². The van der Waals surface area contributed by atoms with Crippen LogP contribution in [0, 0.1) is 11.7 Å². The number of benzene rings is 1. The van der Waals surface area contributed by atoms with Crippen LogP contribution in [0.2, 0.25) is 0 Å². The van der Waals surface area contributed by atoms with Crippen LogP contribution in [0.3, 0.4) is 0 Å². The lowest BCUT2D eigenvalue weighted by atomic mass is 9.96. The number of anilines is 1. The first-order valence-corrected chi connectivity index (χ1v) is 9.31. The fraction of sp³-hybridized carbons (Fsp3) is 0.421. The summed E-state index contributed by atoms with van der Waals surface area (Å²) >= 11 is 0. The van der Waals surface area contributed by atoms with Crippen molar-refractivity contribution < 1.29 is 33.5 Å². The Hall–Kier alpha value is -3.30. The lowest BCUT2D eigenvalue weighted by Crippen LogP contribution is -2.54. The van der Waals surface area contributed by atoms with E-state index >= 15 is 0 Å². The molecule has 9 nitrogen and oxygen atoms in total. The Morgan fingerprint density at radius 3 is 2.59 bits per heavy atom. The Morgan fingerprint density at radius 2 is 1.90 bits per heavy atom. The van der Waals surface area contributed by atoms with Gasteiger partial charge in [-0.05, 0) is 31.4 Å². The summed E-state index contributed by atoms with van der Waals surface area (Å²) in [7, 11) is 0. The standard InChI is InChI=1S/C19H18FN3O6/c20-11-4-3-10-14(15(11)22-7-1-2-9(8-22)19(28)29)18(27)23(17(10)26)12-5-6-13(24)21-16(12)25/h3-4,9,12H,1-2,5-8H2,(H,28,29)(H,21,24,25)/t9-,12?/m1/s1. The fourth-order valence-electron chi connectivity index (χ4n) is 4.21. The molecule has 1 aromatic rings. The third kappa shape index (κ3) is 3.04. The maximum atomic E-state index is 14.8. The van der Waals surface area contributed by atoms with Crippen LogP contribution in [0.1, 0.15) is 46.4 Å². The monoisotopic (exact) mass is 403 g/mol. The average molecular weight is 403 g/mol. The van der Waals surface area contributed by atoms with Crippen molar-refractivity contribution >= 4 is 35.3 Å². The number of amides is 4. The van der Waals surface area contributed by atoms with Gasteiger partial charge in [0.25, 0.3) is 11.8 Å². The molecule has 152 valence electrons. The van der Waals surface area contributed by atoms with Crippen LogP contribution >= 0.6 is 0 Å². The molecule has 3 heterocycles. The van der Waals surface area contributed by atoms with Crippen molar-refractivity contribution in [3.63, 3.8) is 0 Å². The van der Waals surface area contributed by atoms with Crippen molar-refractivity contribution in [2.45, 2.75) is 31.7 Å². The first-order chi connectivity index (χ1) is 13.8. The SMILES string of the molecule is O=C1CCC(N2C(=O)c3ccc(F)c(N4CCC[C@@H](C(=O)O)C4)c3C2=O)C(=O)N1. The van der Waals surface area contributed by atoms with Gasteiger partial charge in [-0.15, -0.1) is 0 Å². The zero-order valence-electron chi connectivity index (χ0n) is 15.3. The molecule has 4 rings (SSSR count). The first kappa shape index (κ1) is 19.0. The number of hydrogen-bond donors (Lipinski definition) is 2. The molecule has 0 aromatic heterocycles. The number of hydrogen-bond acceptors (Lipinski definition) is 6. The van der Waals surface area contributed by atoms with Crippen LogP contribution in [0.5, 0.6) is 0 Å². The third-order valence-electron chi connectivity index (χ3n) is 5.62. The number of carboxylic acid groups (broad SMARTS) is 1. The lowest BCUT2D eigenvalue weighted by Gasteiger charge is -2.33. The summed E-state index contributed by atoms with van der Waals surface area (Å²) in [6.45, 7) is 0.361. The minimum absolute atomic E-state index is 0.00124. The zero-order valence-corrected chi connectivity index (χ0v) is 15.3. The molecule has 0 spiro atoms. The molecule has 0 saturated carbocycles. The van der Waals surface area contributed by atoms with Crippen molar-refractivity contribution in [2.24, 2.45) is 5.92 Å². The van der Waals surface area contributed by atoms with Gasteiger partial charge < -0.3 is 10.0 Å². The van der Waals surface area contributed by atoms with Crippen molar-refractivity contribution in [3.8, 4) is 0 Å². The van der Waals surface area contributed by atoms with Crippen molar-refractivity contribution in [1.82, 2.24) is 10.2 Å². The Kier molecular flexibility index (Phi) is 4.56. The molecule has 0 radical (unpaired) electrons. The van der Waals surface area contributed by atoms with E-state index in [4.69, 9.17) is 0 Å². The second-order valence-electron chi connectivity index (χ2n) is 7.39. The van der Waals surface area contributed by atoms with Gasteiger partial charge >= 0.3 is 5.97 Å². The molecule has 0 bridgehead atoms. The van der Waals surface area contributed by atoms with Crippen molar-refractivity contribution in [1.29, 1.82) is 0 Å². The van der Waals surface area contributed by atoms with E-state index in [2.05, 4.69) is 5.32 Å². The van der Waals surface area contributed by atoms with Gasteiger partial charge in [0.05, 0.1) is 22.7 Å². The maximum absolute atomic E-state index is 14.8. The maximum Gasteiger partial charge on any atom is 0.308 e. The number of fused-ring (bicyclic) bond motifs is 1. The average Bonchev–Trinajstić information content (AvgIpc) is 2.93. The van der Waals surface area contributed by atoms with Gasteiger partial charge in [0.2, 0.25) is 11.8 Å². The number of imide groups is 2. The molecule has 2 saturated heterocycles. The summed E-state index contributed by atoms with van der Waals surface area (Å²) in [5.41, 5.74) is -0.305. The molecule has 0 aliphatic carbocycles. The Balaban J connectivity index is 1.72. The minimum atomic E-state index is -1.15. The number of carbonyl (C=O) groups is 5. The summed E-state index contributed by atoms with van der Waals surface area (Å²) in [5, 5.41) is 11.4. The van der Waals surface area contributed by atoms with Gasteiger partial charge in [-0.2, -0.15) is 0 Å². The minimum Gasteiger partial charge on any atom is -0.481 e. The summed E-state index contributed by atoms with van der Waals surface area (Å²) in [4.78, 5) is 63.1. The molecule has 1 aromatic carbocycles. The highest BCUT2D eigenvalue weighted by Crippen LogP contribution is 2.37. The van der Waals surface area contributed by atoms with E-state index in [0.717, 1.165) is 11.0 Å². The van der Waals surface area contributed by atoms with E-state index in [1.165, 1.54) is 11.0 Å². The molecule has 29 heavy (non-hydrogen) atoms. The second kappa shape index (κ2) is 6.94. The van der Waals surface area contributed by atoms with Gasteiger partial charge in [-0.3, -0.25) is 34.2 Å². The molecule has 2 atom stereocenters. The first-order valence-electron chi connectivity index (χ1n) is 9.31. The Bertz CT molecular complexity index is 962. The summed E-state index contributed by atoms with van der Waals surface area (Å²) in [6.07, 6.45) is 0.924. The predicted octanol–water partition coefficient (Wildman–Crippen LogP) is 0.528. The predicted molar refractivity (Wildman–Crippen MR) is 95.6 cm³/mol. The summed E-state index contributed by atoms with van der Waals surface area (Å²) < 4.78 is 14.8. The summed E-state index contributed by atoms with van der Waals surface area (Å²) in [6, 6.07) is 1.11. The molecular formula is C19H18FN3O6. The number of aliphatic carboxylic acids is 1. The molecular weight excluding hydrogens is 385 g/mol. The lowest BCUT2D eigenvalue weighted by molar-refractivity contribution is -0.142. The second-order valence-corrected chi connectivity index (χ2v) is 7.39. The normalized spacial score (nSPS) is 24.6. The Morgan fingerprint density at radius 1 is 1.14 bits per heavy atom. The topological polar surface area (TPSA) is 124 Å². The number of carbonyl (C=O) groups excluding carboxylic acids is 4. The van der Waals surface area contributed by atoms with E-state index in [1.807, 2.05) is 0 Å². The number of nitrogens with one attached hydrogen (secondary N) is 1. The molecule has 1 unspecified atom stereocenters. The van der Waals surface area contributed by atoms with E-state index in [9.17, 15) is 33.5 Å². The number of halogens is 1.